The minimum Gasteiger partial charge on any atom is -0.316 e. The van der Waals surface area contributed by atoms with Crippen LogP contribution in [0.1, 0.15) is 24.5 Å². The molecule has 1 aliphatic rings. The smallest absolute Gasteiger partial charge is 0.0569 e. The van der Waals surface area contributed by atoms with Gasteiger partial charge in [0.15, 0.2) is 0 Å². The lowest BCUT2D eigenvalue weighted by Gasteiger charge is -2.22. The number of benzene rings is 1. The highest BCUT2D eigenvalue weighted by atomic mass is 79.9. The number of H-pyrrole nitrogens is 1. The van der Waals surface area contributed by atoms with Crippen molar-refractivity contribution in [2.75, 3.05) is 13.1 Å². The van der Waals surface area contributed by atoms with Gasteiger partial charge >= 0.3 is 0 Å². The van der Waals surface area contributed by atoms with Crippen LogP contribution in [-0.2, 0) is 0 Å². The van der Waals surface area contributed by atoms with E-state index in [0.717, 1.165) is 17.6 Å². The van der Waals surface area contributed by atoms with Gasteiger partial charge in [0, 0.05) is 28.2 Å². The fraction of sp³-hybridized carbons (Fsp3) is 0.357. The summed E-state index contributed by atoms with van der Waals surface area (Å²) in [5, 5.41) is 10.9. The molecule has 1 unspecified atom stereocenters. The molecule has 18 heavy (non-hydrogen) atoms. The lowest BCUT2D eigenvalue weighted by Crippen LogP contribution is -2.28. The molecule has 1 aromatic heterocycles. The van der Waals surface area contributed by atoms with Gasteiger partial charge in [-0.3, -0.25) is 5.10 Å². The number of aromatic amines is 1. The van der Waals surface area contributed by atoms with Gasteiger partial charge < -0.3 is 5.32 Å². The average molecular weight is 306 g/mol. The molecular weight excluding hydrogens is 290 g/mol. The summed E-state index contributed by atoms with van der Waals surface area (Å²) in [6.45, 7) is 2.18. The van der Waals surface area contributed by atoms with E-state index in [-0.39, 0.29) is 0 Å². The lowest BCUT2D eigenvalue weighted by atomic mass is 9.91. The van der Waals surface area contributed by atoms with Crippen molar-refractivity contribution in [2.45, 2.75) is 18.8 Å². The molecule has 0 saturated carbocycles. The van der Waals surface area contributed by atoms with Gasteiger partial charge in [0.1, 0.15) is 0 Å². The maximum atomic E-state index is 4.24. The summed E-state index contributed by atoms with van der Waals surface area (Å²) in [7, 11) is 0. The van der Waals surface area contributed by atoms with Gasteiger partial charge in [-0.25, -0.2) is 0 Å². The Morgan fingerprint density at radius 3 is 2.89 bits per heavy atom. The highest BCUT2D eigenvalue weighted by molar-refractivity contribution is 9.10. The molecule has 0 spiro atoms. The molecule has 2 heterocycles. The predicted molar refractivity (Wildman–Crippen MR) is 76.6 cm³/mol. The van der Waals surface area contributed by atoms with Gasteiger partial charge in [0.05, 0.1) is 6.20 Å². The zero-order chi connectivity index (χ0) is 12.4. The van der Waals surface area contributed by atoms with Crippen molar-refractivity contribution in [3.63, 3.8) is 0 Å². The molecule has 3 nitrogen and oxygen atoms in total. The van der Waals surface area contributed by atoms with E-state index in [0.29, 0.717) is 5.92 Å². The van der Waals surface area contributed by atoms with E-state index in [1.165, 1.54) is 29.7 Å². The lowest BCUT2D eigenvalue weighted by molar-refractivity contribution is 0.455. The largest absolute Gasteiger partial charge is 0.316 e. The Balaban J connectivity index is 1.98. The summed E-state index contributed by atoms with van der Waals surface area (Å²) in [5.74, 6) is 0.545. The third-order valence-corrected chi connectivity index (χ3v) is 4.23. The summed E-state index contributed by atoms with van der Waals surface area (Å²) >= 11 is 3.62. The molecular formula is C14H16BrN3. The van der Waals surface area contributed by atoms with Crippen molar-refractivity contribution in [2.24, 2.45) is 0 Å². The molecule has 1 aromatic carbocycles. The Morgan fingerprint density at radius 1 is 1.22 bits per heavy atom. The highest BCUT2D eigenvalue weighted by Crippen LogP contribution is 2.34. The van der Waals surface area contributed by atoms with E-state index in [1.54, 1.807) is 0 Å². The molecule has 2 N–H and O–H groups in total. The zero-order valence-electron chi connectivity index (χ0n) is 10.1. The predicted octanol–water partition coefficient (Wildman–Crippen LogP) is 3.31. The van der Waals surface area contributed by atoms with E-state index in [1.807, 2.05) is 12.3 Å². The van der Waals surface area contributed by atoms with E-state index < -0.39 is 0 Å². The molecule has 0 radical (unpaired) electrons. The van der Waals surface area contributed by atoms with E-state index in [9.17, 15) is 0 Å². The molecule has 94 valence electrons. The summed E-state index contributed by atoms with van der Waals surface area (Å²) in [6, 6.07) is 8.31. The van der Waals surface area contributed by atoms with Crippen LogP contribution in [0.25, 0.3) is 11.1 Å². The molecule has 1 saturated heterocycles. The Kier molecular flexibility index (Phi) is 3.48. The number of halogens is 1. The Hall–Kier alpha value is -1.13. The first-order chi connectivity index (χ1) is 8.86. The molecule has 0 amide bonds. The molecule has 1 atom stereocenters. The van der Waals surface area contributed by atoms with E-state index >= 15 is 0 Å². The maximum absolute atomic E-state index is 4.24. The van der Waals surface area contributed by atoms with E-state index in [2.05, 4.69) is 49.6 Å². The van der Waals surface area contributed by atoms with Crippen molar-refractivity contribution in [1.29, 1.82) is 0 Å². The number of piperidine rings is 1. The second-order valence-corrected chi connectivity index (χ2v) is 5.57. The van der Waals surface area contributed by atoms with Crippen molar-refractivity contribution in [3.05, 3.63) is 40.6 Å². The zero-order valence-corrected chi connectivity index (χ0v) is 11.7. The van der Waals surface area contributed by atoms with Crippen molar-refractivity contribution in [3.8, 4) is 11.1 Å². The SMILES string of the molecule is Brc1ccccc1-c1cn[nH]c1C1CCCNC1. The third-order valence-electron chi connectivity index (χ3n) is 3.54. The monoisotopic (exact) mass is 305 g/mol. The van der Waals surface area contributed by atoms with Crippen molar-refractivity contribution >= 4 is 15.9 Å². The van der Waals surface area contributed by atoms with Crippen LogP contribution in [0.2, 0.25) is 0 Å². The fourth-order valence-electron chi connectivity index (χ4n) is 2.60. The molecule has 0 bridgehead atoms. The van der Waals surface area contributed by atoms with Crippen molar-refractivity contribution < 1.29 is 0 Å². The first kappa shape index (κ1) is 11.9. The van der Waals surface area contributed by atoms with Crippen LogP contribution < -0.4 is 5.32 Å². The number of nitrogens with zero attached hydrogens (tertiary/aromatic N) is 1. The topological polar surface area (TPSA) is 40.7 Å². The Bertz CT molecular complexity index is 529. The molecule has 4 heteroatoms. The van der Waals surface area contributed by atoms with E-state index in [4.69, 9.17) is 0 Å². The van der Waals surface area contributed by atoms with Gasteiger partial charge in [-0.2, -0.15) is 5.10 Å². The van der Waals surface area contributed by atoms with Gasteiger partial charge in [-0.15, -0.1) is 0 Å². The number of hydrogen-bond acceptors (Lipinski definition) is 2. The minimum atomic E-state index is 0.545. The van der Waals surface area contributed by atoms with Gasteiger partial charge in [-0.1, -0.05) is 34.1 Å². The molecule has 2 aromatic rings. The quantitative estimate of drug-likeness (QED) is 0.894. The number of aromatic nitrogens is 2. The summed E-state index contributed by atoms with van der Waals surface area (Å²) < 4.78 is 1.12. The second kappa shape index (κ2) is 5.24. The normalized spacial score (nSPS) is 19.9. The summed E-state index contributed by atoms with van der Waals surface area (Å²) in [5.41, 5.74) is 3.69. The first-order valence-electron chi connectivity index (χ1n) is 6.35. The molecule has 0 aliphatic carbocycles. The van der Waals surface area contributed by atoms with Crippen LogP contribution in [0.4, 0.5) is 0 Å². The van der Waals surface area contributed by atoms with Crippen LogP contribution in [0, 0.1) is 0 Å². The second-order valence-electron chi connectivity index (χ2n) is 4.72. The van der Waals surface area contributed by atoms with Crippen LogP contribution in [0.5, 0.6) is 0 Å². The Labute approximate surface area is 115 Å². The standard InChI is InChI=1S/C14H16BrN3/c15-13-6-2-1-5-11(13)12-9-17-18-14(12)10-4-3-7-16-8-10/h1-2,5-6,9-10,16H,3-4,7-8H2,(H,17,18). The number of hydrogen-bond donors (Lipinski definition) is 2. The summed E-state index contributed by atoms with van der Waals surface area (Å²) in [4.78, 5) is 0. The fourth-order valence-corrected chi connectivity index (χ4v) is 3.10. The summed E-state index contributed by atoms with van der Waals surface area (Å²) in [6.07, 6.45) is 4.40. The number of nitrogens with one attached hydrogen (secondary N) is 2. The van der Waals surface area contributed by atoms with Gasteiger partial charge in [0.25, 0.3) is 0 Å². The highest BCUT2D eigenvalue weighted by Gasteiger charge is 2.21. The third kappa shape index (κ3) is 2.22. The molecule has 3 rings (SSSR count). The van der Waals surface area contributed by atoms with Crippen LogP contribution in [-0.4, -0.2) is 23.3 Å². The van der Waals surface area contributed by atoms with Crippen molar-refractivity contribution in [1.82, 2.24) is 15.5 Å². The molecule has 1 aliphatic heterocycles. The first-order valence-corrected chi connectivity index (χ1v) is 7.14. The van der Waals surface area contributed by atoms with Crippen LogP contribution in [0.3, 0.4) is 0 Å². The average Bonchev–Trinajstić information content (AvgIpc) is 2.89. The number of rotatable bonds is 2. The van der Waals surface area contributed by atoms with Crippen LogP contribution >= 0.6 is 15.9 Å². The van der Waals surface area contributed by atoms with Gasteiger partial charge in [-0.05, 0) is 31.0 Å². The Morgan fingerprint density at radius 2 is 2.11 bits per heavy atom. The minimum absolute atomic E-state index is 0.545. The van der Waals surface area contributed by atoms with Crippen LogP contribution in [0.15, 0.2) is 34.9 Å². The van der Waals surface area contributed by atoms with Gasteiger partial charge in [0.2, 0.25) is 0 Å². The maximum Gasteiger partial charge on any atom is 0.0569 e. The molecule has 1 fully saturated rings.